The lowest BCUT2D eigenvalue weighted by molar-refractivity contribution is -0.297. The Balaban J connectivity index is 2.59. The van der Waals surface area contributed by atoms with E-state index in [1.807, 2.05) is 0 Å². The van der Waals surface area contributed by atoms with Crippen molar-refractivity contribution in [1.29, 1.82) is 0 Å². The maximum absolute atomic E-state index is 11.2. The summed E-state index contributed by atoms with van der Waals surface area (Å²) in [6, 6.07) is 6.64. The lowest BCUT2D eigenvalue weighted by Gasteiger charge is -2.03. The van der Waals surface area contributed by atoms with E-state index in [1.54, 1.807) is 24.3 Å². The summed E-state index contributed by atoms with van der Waals surface area (Å²) in [5.74, 6) is -1.28. The molecule has 0 spiro atoms. The minimum absolute atomic E-state index is 0.533. The van der Waals surface area contributed by atoms with Crippen LogP contribution in [0.15, 0.2) is 36.4 Å². The van der Waals surface area contributed by atoms with E-state index < -0.39 is 11.9 Å². The number of hydrogen-bond acceptors (Lipinski definition) is 4. The molecule has 0 atom stereocenters. The quantitative estimate of drug-likeness (QED) is 0.721. The molecule has 1 aromatic rings. The first-order valence-corrected chi connectivity index (χ1v) is 4.46. The second-order valence-corrected chi connectivity index (χ2v) is 2.87. The Morgan fingerprint density at radius 2 is 1.88 bits per heavy atom. The molecule has 1 N–H and O–H groups in total. The molecule has 0 fully saturated rings. The standard InChI is InChI=1S/C11H11NO4/c1-16-9-4-2-8(3-5-9)12-10(13)6-7-11(14)15/h2-7H,1H3,(H,12,13)(H,14,15)/p-1/b7-6+. The molecule has 0 radical (unpaired) electrons. The van der Waals surface area contributed by atoms with Gasteiger partial charge < -0.3 is 20.0 Å². The van der Waals surface area contributed by atoms with Crippen LogP contribution in [0.3, 0.4) is 0 Å². The summed E-state index contributed by atoms with van der Waals surface area (Å²) in [4.78, 5) is 21.2. The molecule has 84 valence electrons. The maximum Gasteiger partial charge on any atom is 0.248 e. The Labute approximate surface area is 92.3 Å². The molecule has 1 aromatic carbocycles. The van der Waals surface area contributed by atoms with Crippen molar-refractivity contribution in [3.8, 4) is 5.75 Å². The maximum atomic E-state index is 11.2. The summed E-state index contributed by atoms with van der Waals surface area (Å²) >= 11 is 0. The Morgan fingerprint density at radius 1 is 1.25 bits per heavy atom. The third-order valence-corrected chi connectivity index (χ3v) is 1.73. The molecule has 0 bridgehead atoms. The first-order chi connectivity index (χ1) is 7.61. The topological polar surface area (TPSA) is 78.5 Å². The normalized spacial score (nSPS) is 10.1. The summed E-state index contributed by atoms with van der Waals surface area (Å²) < 4.78 is 4.94. The fourth-order valence-corrected chi connectivity index (χ4v) is 1.00. The van der Waals surface area contributed by atoms with Crippen molar-refractivity contribution in [2.45, 2.75) is 0 Å². The number of carbonyl (C=O) groups is 2. The summed E-state index contributed by atoms with van der Waals surface area (Å²) in [6.07, 6.45) is 1.55. The Morgan fingerprint density at radius 3 is 2.38 bits per heavy atom. The third kappa shape index (κ3) is 3.83. The highest BCUT2D eigenvalue weighted by Crippen LogP contribution is 2.14. The van der Waals surface area contributed by atoms with Gasteiger partial charge in [-0.15, -0.1) is 0 Å². The van der Waals surface area contributed by atoms with E-state index in [2.05, 4.69) is 5.32 Å². The number of amides is 1. The molecule has 0 heterocycles. The highest BCUT2D eigenvalue weighted by molar-refractivity contribution is 6.02. The average Bonchev–Trinajstić information content (AvgIpc) is 2.27. The van der Waals surface area contributed by atoms with Gasteiger partial charge in [0.25, 0.3) is 0 Å². The number of carboxylic acid groups (broad SMARTS) is 1. The predicted octanol–water partition coefficient (Wildman–Crippen LogP) is -0.0602. The highest BCUT2D eigenvalue weighted by Gasteiger charge is 1.97. The zero-order valence-electron chi connectivity index (χ0n) is 8.60. The summed E-state index contributed by atoms with van der Waals surface area (Å²) in [5, 5.41) is 12.5. The second-order valence-electron chi connectivity index (χ2n) is 2.87. The van der Waals surface area contributed by atoms with E-state index in [4.69, 9.17) is 4.74 Å². The summed E-state index contributed by atoms with van der Waals surface area (Å²) in [6.45, 7) is 0. The lowest BCUT2D eigenvalue weighted by Crippen LogP contribution is -2.20. The minimum atomic E-state index is -1.41. The Kier molecular flexibility index (Phi) is 4.08. The SMILES string of the molecule is COc1ccc(NC(=O)/C=C/C(=O)[O-])cc1. The molecule has 0 aliphatic rings. The van der Waals surface area contributed by atoms with Gasteiger partial charge in [-0.2, -0.15) is 0 Å². The summed E-state index contributed by atoms with van der Waals surface area (Å²) in [7, 11) is 1.54. The molecule has 0 aromatic heterocycles. The number of carboxylic acids is 1. The van der Waals surface area contributed by atoms with Gasteiger partial charge in [-0.1, -0.05) is 0 Å². The number of nitrogens with one attached hydrogen (secondary N) is 1. The van der Waals surface area contributed by atoms with Gasteiger partial charge in [-0.3, -0.25) is 4.79 Å². The second kappa shape index (κ2) is 5.55. The fraction of sp³-hybridized carbons (Fsp3) is 0.0909. The Bertz CT molecular complexity index is 408. The van der Waals surface area contributed by atoms with Gasteiger partial charge in [0.2, 0.25) is 5.91 Å². The molecule has 0 saturated carbocycles. The number of ether oxygens (including phenoxy) is 1. The molecule has 1 rings (SSSR count). The van der Waals surface area contributed by atoms with E-state index in [9.17, 15) is 14.7 Å². The van der Waals surface area contributed by atoms with E-state index in [0.717, 1.165) is 6.08 Å². The summed E-state index contributed by atoms with van der Waals surface area (Å²) in [5.41, 5.74) is 0.550. The van der Waals surface area contributed by atoms with Gasteiger partial charge in [0.15, 0.2) is 0 Å². The van der Waals surface area contributed by atoms with Crippen LogP contribution in [0.4, 0.5) is 5.69 Å². The van der Waals surface area contributed by atoms with Crippen LogP contribution in [0.5, 0.6) is 5.75 Å². The van der Waals surface area contributed by atoms with Crippen LogP contribution in [0, 0.1) is 0 Å². The van der Waals surface area contributed by atoms with Crippen molar-refractivity contribution < 1.29 is 19.4 Å². The average molecular weight is 220 g/mol. The molecular formula is C11H10NO4-. The van der Waals surface area contributed by atoms with Gasteiger partial charge in [0.05, 0.1) is 13.1 Å². The van der Waals surface area contributed by atoms with Crippen LogP contribution in [-0.4, -0.2) is 19.0 Å². The van der Waals surface area contributed by atoms with Crippen molar-refractivity contribution in [2.24, 2.45) is 0 Å². The van der Waals surface area contributed by atoms with Crippen molar-refractivity contribution in [3.05, 3.63) is 36.4 Å². The van der Waals surface area contributed by atoms with Crippen LogP contribution in [0.2, 0.25) is 0 Å². The van der Waals surface area contributed by atoms with Crippen molar-refractivity contribution in [2.75, 3.05) is 12.4 Å². The Hall–Kier alpha value is -2.30. The molecule has 5 nitrogen and oxygen atoms in total. The van der Waals surface area contributed by atoms with Gasteiger partial charge in [-0.05, 0) is 30.3 Å². The smallest absolute Gasteiger partial charge is 0.248 e. The molecule has 5 heteroatoms. The molecule has 0 aliphatic heterocycles. The van der Waals surface area contributed by atoms with E-state index in [0.29, 0.717) is 17.5 Å². The molecule has 1 amide bonds. The van der Waals surface area contributed by atoms with Crippen LogP contribution in [0.25, 0.3) is 0 Å². The third-order valence-electron chi connectivity index (χ3n) is 1.73. The number of methoxy groups -OCH3 is 1. The molecule has 0 saturated heterocycles. The van der Waals surface area contributed by atoms with Crippen molar-refractivity contribution >= 4 is 17.6 Å². The molecule has 0 unspecified atom stereocenters. The fourth-order valence-electron chi connectivity index (χ4n) is 1.00. The first-order valence-electron chi connectivity index (χ1n) is 4.46. The lowest BCUT2D eigenvalue weighted by atomic mass is 10.3. The van der Waals surface area contributed by atoms with Crippen LogP contribution >= 0.6 is 0 Å². The van der Waals surface area contributed by atoms with Crippen LogP contribution < -0.4 is 15.2 Å². The largest absolute Gasteiger partial charge is 0.545 e. The monoisotopic (exact) mass is 220 g/mol. The van der Waals surface area contributed by atoms with Gasteiger partial charge >= 0.3 is 0 Å². The van der Waals surface area contributed by atoms with Crippen LogP contribution in [0.1, 0.15) is 0 Å². The zero-order valence-corrected chi connectivity index (χ0v) is 8.60. The predicted molar refractivity (Wildman–Crippen MR) is 55.8 cm³/mol. The minimum Gasteiger partial charge on any atom is -0.545 e. The molecular weight excluding hydrogens is 210 g/mol. The van der Waals surface area contributed by atoms with Gasteiger partial charge in [0.1, 0.15) is 5.75 Å². The van der Waals surface area contributed by atoms with Gasteiger partial charge in [0, 0.05) is 11.8 Å². The number of anilines is 1. The number of carbonyl (C=O) groups excluding carboxylic acids is 2. The van der Waals surface area contributed by atoms with Crippen LogP contribution in [-0.2, 0) is 9.59 Å². The zero-order chi connectivity index (χ0) is 12.0. The highest BCUT2D eigenvalue weighted by atomic mass is 16.5. The van der Waals surface area contributed by atoms with E-state index >= 15 is 0 Å². The number of aliphatic carboxylic acids is 1. The van der Waals surface area contributed by atoms with Crippen molar-refractivity contribution in [1.82, 2.24) is 0 Å². The number of rotatable bonds is 4. The molecule has 16 heavy (non-hydrogen) atoms. The first kappa shape index (κ1) is 11.8. The van der Waals surface area contributed by atoms with E-state index in [1.165, 1.54) is 7.11 Å². The van der Waals surface area contributed by atoms with E-state index in [-0.39, 0.29) is 0 Å². The number of hydrogen-bond donors (Lipinski definition) is 1. The number of benzene rings is 1. The molecule has 0 aliphatic carbocycles. The van der Waals surface area contributed by atoms with Crippen molar-refractivity contribution in [3.63, 3.8) is 0 Å². The van der Waals surface area contributed by atoms with Gasteiger partial charge in [-0.25, -0.2) is 0 Å².